The Labute approximate surface area is 108 Å². The summed E-state index contributed by atoms with van der Waals surface area (Å²) in [6.07, 6.45) is 5.92. The molecule has 0 bridgehead atoms. The van der Waals surface area contributed by atoms with E-state index >= 15 is 0 Å². The molecule has 0 atom stereocenters. The van der Waals surface area contributed by atoms with Crippen molar-refractivity contribution < 1.29 is 8.83 Å². The predicted molar refractivity (Wildman–Crippen MR) is 66.3 cm³/mol. The highest BCUT2D eigenvalue weighted by atomic mass is 32.1. The molecule has 4 aromatic rings. The molecule has 0 amide bonds. The molecule has 4 aromatic heterocycles. The molecule has 0 spiro atoms. The lowest BCUT2D eigenvalue weighted by atomic mass is 10.5. The van der Waals surface area contributed by atoms with E-state index in [4.69, 9.17) is 8.83 Å². The number of fused-ring (bicyclic) bond motifs is 1. The summed E-state index contributed by atoms with van der Waals surface area (Å²) in [5, 5.41) is 1.62. The van der Waals surface area contributed by atoms with Crippen LogP contribution >= 0.6 is 22.7 Å². The fraction of sp³-hybridized carbons (Fsp3) is 0. The monoisotopic (exact) mass is 276 g/mol. The predicted octanol–water partition coefficient (Wildman–Crippen LogP) is 3.06. The van der Waals surface area contributed by atoms with Crippen molar-refractivity contribution in [1.29, 1.82) is 0 Å². The van der Waals surface area contributed by atoms with Crippen molar-refractivity contribution in [3.05, 3.63) is 25.3 Å². The van der Waals surface area contributed by atoms with Gasteiger partial charge in [-0.25, -0.2) is 19.9 Å². The molecule has 0 radical (unpaired) electrons. The Morgan fingerprint density at radius 1 is 0.778 bits per heavy atom. The summed E-state index contributed by atoms with van der Waals surface area (Å²) < 4.78 is 9.88. The number of nitrogens with zero attached hydrogens (tertiary/aromatic N) is 4. The average molecular weight is 276 g/mol. The molecule has 0 saturated carbocycles. The maximum absolute atomic E-state index is 4.94. The summed E-state index contributed by atoms with van der Waals surface area (Å²) in [5.74, 6) is 0. The minimum atomic E-state index is 0.730. The van der Waals surface area contributed by atoms with Gasteiger partial charge in [0, 0.05) is 0 Å². The van der Waals surface area contributed by atoms with Gasteiger partial charge in [0.25, 0.3) is 0 Å². The van der Waals surface area contributed by atoms with Crippen LogP contribution in [0.2, 0.25) is 0 Å². The first-order chi connectivity index (χ1) is 8.90. The van der Waals surface area contributed by atoms with E-state index in [1.54, 1.807) is 12.5 Å². The van der Waals surface area contributed by atoms with Gasteiger partial charge >= 0.3 is 0 Å². The van der Waals surface area contributed by atoms with Crippen molar-refractivity contribution in [1.82, 2.24) is 19.9 Å². The zero-order valence-corrected chi connectivity index (χ0v) is 10.4. The van der Waals surface area contributed by atoms with Gasteiger partial charge in [-0.1, -0.05) is 22.7 Å². The van der Waals surface area contributed by atoms with Crippen LogP contribution in [0.1, 0.15) is 0 Å². The maximum atomic E-state index is 4.94. The lowest BCUT2D eigenvalue weighted by molar-refractivity contribution is 0.558. The number of aromatic nitrogens is 4. The Hall–Kier alpha value is -2.06. The van der Waals surface area contributed by atoms with Gasteiger partial charge in [-0.15, -0.1) is 0 Å². The van der Waals surface area contributed by atoms with Gasteiger partial charge in [-0.3, -0.25) is 0 Å². The number of hydrogen-bond donors (Lipinski definition) is 0. The van der Waals surface area contributed by atoms with Gasteiger partial charge in [0.2, 0.25) is 0 Å². The molecule has 0 unspecified atom stereocenters. The van der Waals surface area contributed by atoms with Gasteiger partial charge in [0.05, 0.1) is 0 Å². The van der Waals surface area contributed by atoms with E-state index in [-0.39, 0.29) is 0 Å². The molecule has 4 heterocycles. The first-order valence-corrected chi connectivity index (χ1v) is 6.58. The largest absolute Gasteiger partial charge is 0.451 e. The van der Waals surface area contributed by atoms with Crippen LogP contribution in [0.5, 0.6) is 0 Å². The van der Waals surface area contributed by atoms with Crippen LogP contribution in [0.25, 0.3) is 31.1 Å². The van der Waals surface area contributed by atoms with E-state index in [9.17, 15) is 0 Å². The van der Waals surface area contributed by atoms with Gasteiger partial charge in [-0.2, -0.15) is 0 Å². The molecule has 4 rings (SSSR count). The second-order valence-corrected chi connectivity index (χ2v) is 5.35. The summed E-state index contributed by atoms with van der Waals surface area (Å²) in [6.45, 7) is 0. The highest BCUT2D eigenvalue weighted by Crippen LogP contribution is 2.35. The molecule has 0 N–H and O–H groups in total. The Morgan fingerprint density at radius 3 is 1.67 bits per heavy atom. The average Bonchev–Trinajstić information content (AvgIpc) is 3.13. The van der Waals surface area contributed by atoms with E-state index in [1.807, 2.05) is 0 Å². The second kappa shape index (κ2) is 3.72. The molecule has 6 nitrogen and oxygen atoms in total. The molecule has 8 heteroatoms. The van der Waals surface area contributed by atoms with Crippen molar-refractivity contribution >= 4 is 32.3 Å². The van der Waals surface area contributed by atoms with E-state index in [2.05, 4.69) is 19.9 Å². The van der Waals surface area contributed by atoms with Crippen LogP contribution in [0.3, 0.4) is 0 Å². The topological polar surface area (TPSA) is 77.8 Å². The Balaban J connectivity index is 1.82. The van der Waals surface area contributed by atoms with Crippen LogP contribution < -0.4 is 0 Å². The third-order valence-corrected chi connectivity index (χ3v) is 4.35. The fourth-order valence-corrected chi connectivity index (χ4v) is 3.45. The number of thiazole rings is 2. The Bertz CT molecular complexity index is 690. The molecule has 0 saturated heterocycles. The van der Waals surface area contributed by atoms with Gasteiger partial charge in [0.15, 0.2) is 22.4 Å². The zero-order chi connectivity index (χ0) is 11.9. The molecule has 88 valence electrons. The molecule has 0 aliphatic rings. The Kier molecular flexibility index (Phi) is 2.05. The van der Waals surface area contributed by atoms with Crippen LogP contribution in [0, 0.1) is 0 Å². The first kappa shape index (κ1) is 9.92. The molecular formula is C10H4N4O2S2. The van der Waals surface area contributed by atoms with Crippen molar-refractivity contribution in [2.24, 2.45) is 0 Å². The van der Waals surface area contributed by atoms with Crippen LogP contribution in [0.15, 0.2) is 34.1 Å². The Morgan fingerprint density at radius 2 is 1.28 bits per heavy atom. The molecular weight excluding hydrogens is 272 g/mol. The summed E-state index contributed by atoms with van der Waals surface area (Å²) in [4.78, 5) is 18.8. The molecule has 0 aromatic carbocycles. The molecule has 18 heavy (non-hydrogen) atoms. The smallest absolute Gasteiger partial charge is 0.181 e. The standard InChI is InChI=1S/C10H4N4O2S2/c1-5(11-3-15-1)7-13-9-10(17-7)14-8(18-9)6-2-16-4-12-6/h1-4H. The van der Waals surface area contributed by atoms with Gasteiger partial charge in [-0.05, 0) is 0 Å². The lowest BCUT2D eigenvalue weighted by Crippen LogP contribution is -1.73. The van der Waals surface area contributed by atoms with E-state index in [0.717, 1.165) is 31.1 Å². The van der Waals surface area contributed by atoms with Crippen molar-refractivity contribution in [3.8, 4) is 21.4 Å². The highest BCUT2D eigenvalue weighted by molar-refractivity contribution is 7.29. The maximum Gasteiger partial charge on any atom is 0.181 e. The zero-order valence-electron chi connectivity index (χ0n) is 8.73. The van der Waals surface area contributed by atoms with Crippen molar-refractivity contribution in [3.63, 3.8) is 0 Å². The first-order valence-electron chi connectivity index (χ1n) is 4.94. The summed E-state index contributed by atoms with van der Waals surface area (Å²) in [7, 11) is 0. The quantitative estimate of drug-likeness (QED) is 0.560. The molecule has 0 fully saturated rings. The fourth-order valence-electron chi connectivity index (χ4n) is 1.50. The third kappa shape index (κ3) is 1.46. The van der Waals surface area contributed by atoms with Crippen LogP contribution in [-0.2, 0) is 0 Å². The number of hydrogen-bond acceptors (Lipinski definition) is 8. The summed E-state index contributed by atoms with van der Waals surface area (Å²) >= 11 is 2.96. The van der Waals surface area contributed by atoms with Gasteiger partial charge in [0.1, 0.15) is 33.9 Å². The van der Waals surface area contributed by atoms with Crippen molar-refractivity contribution in [2.75, 3.05) is 0 Å². The minimum absolute atomic E-state index is 0.730. The number of rotatable bonds is 2. The number of oxazole rings is 2. The minimum Gasteiger partial charge on any atom is -0.451 e. The highest BCUT2D eigenvalue weighted by Gasteiger charge is 2.15. The summed E-state index contributed by atoms with van der Waals surface area (Å²) in [5.41, 5.74) is 1.46. The normalized spacial score (nSPS) is 11.3. The van der Waals surface area contributed by atoms with E-state index in [1.165, 1.54) is 35.5 Å². The van der Waals surface area contributed by atoms with Crippen LogP contribution in [-0.4, -0.2) is 19.9 Å². The second-order valence-electron chi connectivity index (χ2n) is 3.40. The van der Waals surface area contributed by atoms with Crippen molar-refractivity contribution in [2.45, 2.75) is 0 Å². The van der Waals surface area contributed by atoms with Gasteiger partial charge < -0.3 is 8.83 Å². The van der Waals surface area contributed by atoms with E-state index in [0.29, 0.717) is 0 Å². The summed E-state index contributed by atoms with van der Waals surface area (Å²) in [6, 6.07) is 0. The van der Waals surface area contributed by atoms with E-state index < -0.39 is 0 Å². The molecule has 0 aliphatic carbocycles. The SMILES string of the molecule is c1nc(-c2nc3sc(-c4cocn4)nc3s2)co1. The molecule has 0 aliphatic heterocycles. The lowest BCUT2D eigenvalue weighted by Gasteiger charge is -1.85. The third-order valence-electron chi connectivity index (χ3n) is 2.28. The van der Waals surface area contributed by atoms with Crippen LogP contribution in [0.4, 0.5) is 0 Å².